The average molecular weight is 242 g/mol. The molecule has 1 aromatic rings. The number of hydrogen-bond acceptors (Lipinski definition) is 1. The van der Waals surface area contributed by atoms with Crippen molar-refractivity contribution < 1.29 is 4.79 Å². The molecule has 96 valence electrons. The van der Waals surface area contributed by atoms with Crippen molar-refractivity contribution in [1.29, 1.82) is 0 Å². The Morgan fingerprint density at radius 1 is 1.06 bits per heavy atom. The van der Waals surface area contributed by atoms with E-state index in [4.69, 9.17) is 0 Å². The predicted molar refractivity (Wildman–Crippen MR) is 76.2 cm³/mol. The van der Waals surface area contributed by atoms with Gasteiger partial charge in [0.1, 0.15) is 0 Å². The number of rotatable bonds is 3. The van der Waals surface area contributed by atoms with Crippen LogP contribution in [0.5, 0.6) is 0 Å². The lowest BCUT2D eigenvalue weighted by Crippen LogP contribution is -2.06. The number of aryl methyl sites for hydroxylation is 3. The maximum absolute atomic E-state index is 12.4. The van der Waals surface area contributed by atoms with Gasteiger partial charge in [-0.1, -0.05) is 17.7 Å². The van der Waals surface area contributed by atoms with E-state index in [0.717, 1.165) is 24.0 Å². The number of ketones is 1. The zero-order valence-corrected chi connectivity index (χ0v) is 11.7. The highest BCUT2D eigenvalue weighted by atomic mass is 16.1. The fourth-order valence-corrected chi connectivity index (χ4v) is 2.63. The van der Waals surface area contributed by atoms with Gasteiger partial charge in [-0.05, 0) is 69.2 Å². The average Bonchev–Trinajstić information content (AvgIpc) is 2.35. The van der Waals surface area contributed by atoms with E-state index in [2.05, 4.69) is 32.1 Å². The van der Waals surface area contributed by atoms with Crippen molar-refractivity contribution >= 4 is 5.78 Å². The van der Waals surface area contributed by atoms with E-state index >= 15 is 0 Å². The molecule has 0 atom stereocenters. The molecule has 0 N–H and O–H groups in total. The quantitative estimate of drug-likeness (QED) is 0.555. The molecule has 1 nitrogen and oxygen atoms in total. The minimum Gasteiger partial charge on any atom is -0.294 e. The molecular formula is C17H22O. The Kier molecular flexibility index (Phi) is 4.00. The van der Waals surface area contributed by atoms with E-state index in [1.54, 1.807) is 0 Å². The van der Waals surface area contributed by atoms with Crippen LogP contribution in [0, 0.1) is 20.8 Å². The van der Waals surface area contributed by atoms with Crippen molar-refractivity contribution in [3.05, 3.63) is 46.0 Å². The molecule has 0 unspecified atom stereocenters. The van der Waals surface area contributed by atoms with Crippen molar-refractivity contribution in [3.63, 3.8) is 0 Å². The molecule has 1 aliphatic carbocycles. The van der Waals surface area contributed by atoms with Gasteiger partial charge >= 0.3 is 0 Å². The van der Waals surface area contributed by atoms with Crippen molar-refractivity contribution in [2.45, 2.75) is 52.9 Å². The van der Waals surface area contributed by atoms with Gasteiger partial charge in [0.05, 0.1) is 0 Å². The zero-order chi connectivity index (χ0) is 13.1. The van der Waals surface area contributed by atoms with Crippen LogP contribution in [0.2, 0.25) is 0 Å². The van der Waals surface area contributed by atoms with E-state index in [-0.39, 0.29) is 5.78 Å². The van der Waals surface area contributed by atoms with Crippen LogP contribution in [0.15, 0.2) is 23.8 Å². The highest BCUT2D eigenvalue weighted by molar-refractivity contribution is 5.99. The van der Waals surface area contributed by atoms with Crippen LogP contribution in [-0.2, 0) is 0 Å². The van der Waals surface area contributed by atoms with Crippen molar-refractivity contribution in [2.24, 2.45) is 0 Å². The maximum Gasteiger partial charge on any atom is 0.167 e. The van der Waals surface area contributed by atoms with Gasteiger partial charge in [-0.25, -0.2) is 0 Å². The Morgan fingerprint density at radius 2 is 1.78 bits per heavy atom. The van der Waals surface area contributed by atoms with Gasteiger partial charge in [0.2, 0.25) is 0 Å². The molecular weight excluding hydrogens is 220 g/mol. The first kappa shape index (κ1) is 13.1. The van der Waals surface area contributed by atoms with Gasteiger partial charge in [0, 0.05) is 12.0 Å². The minimum absolute atomic E-state index is 0.281. The summed E-state index contributed by atoms with van der Waals surface area (Å²) in [7, 11) is 0. The molecule has 0 heterocycles. The van der Waals surface area contributed by atoms with Crippen molar-refractivity contribution in [1.82, 2.24) is 0 Å². The summed E-state index contributed by atoms with van der Waals surface area (Å²) >= 11 is 0. The number of benzene rings is 1. The monoisotopic (exact) mass is 242 g/mol. The van der Waals surface area contributed by atoms with E-state index < -0.39 is 0 Å². The molecule has 0 aromatic heterocycles. The van der Waals surface area contributed by atoms with E-state index in [0.29, 0.717) is 6.42 Å². The summed E-state index contributed by atoms with van der Waals surface area (Å²) < 4.78 is 0. The Hall–Kier alpha value is -1.37. The Morgan fingerprint density at radius 3 is 2.44 bits per heavy atom. The third-order valence-electron chi connectivity index (χ3n) is 3.91. The van der Waals surface area contributed by atoms with Crippen LogP contribution in [-0.4, -0.2) is 5.78 Å². The topological polar surface area (TPSA) is 17.1 Å². The number of hydrogen-bond donors (Lipinski definition) is 0. The number of carbonyl (C=O) groups is 1. The molecule has 1 heteroatoms. The maximum atomic E-state index is 12.4. The first-order valence-corrected chi connectivity index (χ1v) is 6.87. The third-order valence-corrected chi connectivity index (χ3v) is 3.91. The summed E-state index contributed by atoms with van der Waals surface area (Å²) in [5.74, 6) is 0.281. The predicted octanol–water partition coefficient (Wildman–Crippen LogP) is 4.69. The zero-order valence-electron chi connectivity index (χ0n) is 11.7. The minimum atomic E-state index is 0.281. The fourth-order valence-electron chi connectivity index (χ4n) is 2.63. The second-order valence-corrected chi connectivity index (χ2v) is 5.46. The fraction of sp³-hybridized carbons (Fsp3) is 0.471. The van der Waals surface area contributed by atoms with Gasteiger partial charge in [-0.15, -0.1) is 0 Å². The van der Waals surface area contributed by atoms with Crippen LogP contribution in [0.25, 0.3) is 0 Å². The second-order valence-electron chi connectivity index (χ2n) is 5.46. The van der Waals surface area contributed by atoms with Crippen LogP contribution < -0.4 is 0 Å². The van der Waals surface area contributed by atoms with Crippen LogP contribution in [0.4, 0.5) is 0 Å². The summed E-state index contributed by atoms with van der Waals surface area (Å²) in [5, 5.41) is 0. The molecule has 0 amide bonds. The Bertz CT molecular complexity index is 495. The van der Waals surface area contributed by atoms with Crippen molar-refractivity contribution in [3.8, 4) is 0 Å². The standard InChI is InChI=1S/C17H22O/c1-12-9-14(3)16(10-13(12)2)17(18)11-15-7-5-4-6-8-15/h7,9-10H,4-6,8,11H2,1-3H3. The highest BCUT2D eigenvalue weighted by Gasteiger charge is 2.14. The molecule has 0 fully saturated rings. The summed E-state index contributed by atoms with van der Waals surface area (Å²) in [6.45, 7) is 6.21. The van der Waals surface area contributed by atoms with Crippen LogP contribution in [0.1, 0.15) is 59.2 Å². The molecule has 0 saturated heterocycles. The SMILES string of the molecule is Cc1cc(C)c(C(=O)CC2=CCCCC2)cc1C. The third kappa shape index (κ3) is 2.90. The molecule has 0 bridgehead atoms. The lowest BCUT2D eigenvalue weighted by Gasteiger charge is -2.13. The second kappa shape index (κ2) is 5.51. The lowest BCUT2D eigenvalue weighted by atomic mass is 9.91. The Labute approximate surface area is 110 Å². The molecule has 0 spiro atoms. The molecule has 1 aromatic carbocycles. The number of Topliss-reactive ketones (excluding diaryl/α,β-unsaturated/α-hetero) is 1. The normalized spacial score (nSPS) is 15.4. The summed E-state index contributed by atoms with van der Waals surface area (Å²) in [4.78, 5) is 12.4. The van der Waals surface area contributed by atoms with Gasteiger partial charge < -0.3 is 0 Å². The van der Waals surface area contributed by atoms with E-state index in [1.807, 2.05) is 6.92 Å². The number of carbonyl (C=O) groups excluding carboxylic acids is 1. The van der Waals surface area contributed by atoms with E-state index in [1.165, 1.54) is 29.5 Å². The van der Waals surface area contributed by atoms with Crippen LogP contribution >= 0.6 is 0 Å². The van der Waals surface area contributed by atoms with Crippen LogP contribution in [0.3, 0.4) is 0 Å². The lowest BCUT2D eigenvalue weighted by molar-refractivity contribution is 0.0991. The molecule has 18 heavy (non-hydrogen) atoms. The smallest absolute Gasteiger partial charge is 0.167 e. The molecule has 0 saturated carbocycles. The highest BCUT2D eigenvalue weighted by Crippen LogP contribution is 2.24. The first-order chi connectivity index (χ1) is 8.58. The van der Waals surface area contributed by atoms with Crippen molar-refractivity contribution in [2.75, 3.05) is 0 Å². The van der Waals surface area contributed by atoms with E-state index in [9.17, 15) is 4.79 Å². The van der Waals surface area contributed by atoms with Gasteiger partial charge in [-0.3, -0.25) is 4.79 Å². The van der Waals surface area contributed by atoms with Gasteiger partial charge in [0.15, 0.2) is 5.78 Å². The molecule has 0 aliphatic heterocycles. The first-order valence-electron chi connectivity index (χ1n) is 6.87. The molecule has 1 aliphatic rings. The van der Waals surface area contributed by atoms with Gasteiger partial charge in [0.25, 0.3) is 0 Å². The molecule has 2 rings (SSSR count). The summed E-state index contributed by atoms with van der Waals surface area (Å²) in [6, 6.07) is 4.17. The largest absolute Gasteiger partial charge is 0.294 e. The summed E-state index contributed by atoms with van der Waals surface area (Å²) in [6.07, 6.45) is 7.65. The summed E-state index contributed by atoms with van der Waals surface area (Å²) in [5.41, 5.74) is 5.83. The Balaban J connectivity index is 2.18. The number of allylic oxidation sites excluding steroid dienone is 2. The molecule has 0 radical (unpaired) electrons. The van der Waals surface area contributed by atoms with Gasteiger partial charge in [-0.2, -0.15) is 0 Å².